The van der Waals surface area contributed by atoms with Crippen LogP contribution in [0.5, 0.6) is 5.75 Å². The third kappa shape index (κ3) is 3.21. The van der Waals surface area contributed by atoms with Gasteiger partial charge in [-0.1, -0.05) is 6.92 Å². The zero-order valence-electron chi connectivity index (χ0n) is 13.8. The number of aromatic carboxylic acids is 1. The zero-order chi connectivity index (χ0) is 18.1. The molecule has 2 aromatic rings. The number of nitrogens with one attached hydrogen (secondary N) is 1. The summed E-state index contributed by atoms with van der Waals surface area (Å²) in [4.78, 5) is 15.5. The number of aryl methyl sites for hydroxylation is 2. The highest BCUT2D eigenvalue weighted by atomic mass is 32.2. The second-order valence-corrected chi connectivity index (χ2v) is 6.90. The minimum absolute atomic E-state index is 0.0558. The first-order valence-corrected chi connectivity index (χ1v) is 8.64. The topological polar surface area (TPSA) is 111 Å². The van der Waals surface area contributed by atoms with Crippen LogP contribution in [-0.2, 0) is 23.5 Å². The van der Waals surface area contributed by atoms with Crippen LogP contribution in [0.2, 0.25) is 0 Å². The number of sulfonamides is 1. The predicted molar refractivity (Wildman–Crippen MR) is 88.1 cm³/mol. The van der Waals surface area contributed by atoms with Crippen LogP contribution < -0.4 is 9.46 Å². The Balaban J connectivity index is 2.62. The van der Waals surface area contributed by atoms with Gasteiger partial charge in [0.05, 0.1) is 19.1 Å². The fourth-order valence-electron chi connectivity index (χ4n) is 2.51. The molecule has 0 radical (unpaired) electrons. The molecule has 0 fully saturated rings. The maximum absolute atomic E-state index is 12.4. The van der Waals surface area contributed by atoms with Gasteiger partial charge in [0, 0.05) is 13.2 Å². The van der Waals surface area contributed by atoms with E-state index < -0.39 is 16.0 Å². The summed E-state index contributed by atoms with van der Waals surface area (Å²) < 4.78 is 33.9. The minimum Gasteiger partial charge on any atom is -0.495 e. The zero-order valence-corrected chi connectivity index (χ0v) is 14.6. The van der Waals surface area contributed by atoms with Crippen molar-refractivity contribution in [3.05, 3.63) is 35.3 Å². The van der Waals surface area contributed by atoms with Crippen LogP contribution in [-0.4, -0.2) is 36.2 Å². The molecule has 0 bridgehead atoms. The number of hydrogen-bond acceptors (Lipinski definition) is 5. The first-order valence-electron chi connectivity index (χ1n) is 7.15. The number of methoxy groups -OCH3 is 1. The maximum atomic E-state index is 12.4. The van der Waals surface area contributed by atoms with Crippen molar-refractivity contribution >= 4 is 21.7 Å². The summed E-state index contributed by atoms with van der Waals surface area (Å²) in [7, 11) is -1.02. The molecule has 0 amide bonds. The Morgan fingerprint density at radius 2 is 2.12 bits per heavy atom. The lowest BCUT2D eigenvalue weighted by atomic mass is 9.99. The maximum Gasteiger partial charge on any atom is 0.341 e. The van der Waals surface area contributed by atoms with Crippen LogP contribution in [0.1, 0.15) is 28.4 Å². The molecule has 0 unspecified atom stereocenters. The van der Waals surface area contributed by atoms with Crippen LogP contribution >= 0.6 is 0 Å². The number of ether oxygens (including phenoxy) is 1. The van der Waals surface area contributed by atoms with Gasteiger partial charge in [0.2, 0.25) is 0 Å². The summed E-state index contributed by atoms with van der Waals surface area (Å²) >= 11 is 0. The molecular formula is C15H19N3O5S. The van der Waals surface area contributed by atoms with E-state index in [0.717, 1.165) is 11.1 Å². The third-order valence-corrected chi connectivity index (χ3v) is 4.83. The van der Waals surface area contributed by atoms with E-state index in [4.69, 9.17) is 4.74 Å². The molecule has 0 aliphatic rings. The Morgan fingerprint density at radius 3 is 2.58 bits per heavy atom. The molecule has 0 atom stereocenters. The predicted octanol–water partition coefficient (Wildman–Crippen LogP) is 1.80. The molecule has 0 saturated carbocycles. The van der Waals surface area contributed by atoms with Crippen molar-refractivity contribution in [1.82, 2.24) is 9.55 Å². The Labute approximate surface area is 140 Å². The van der Waals surface area contributed by atoms with Gasteiger partial charge in [0.15, 0.2) is 5.03 Å². The van der Waals surface area contributed by atoms with Crippen LogP contribution in [0.15, 0.2) is 23.6 Å². The standard InChI is InChI=1S/C15H19N3O5S/c1-5-10-9(2)6-11(13(15(19)20)14(10)23-4)17-24(21,22)12-7-18(3)8-16-12/h6-8,17H,5H2,1-4H3,(H,19,20). The average Bonchev–Trinajstić information content (AvgIpc) is 2.93. The molecule has 24 heavy (non-hydrogen) atoms. The second-order valence-electron chi connectivity index (χ2n) is 5.27. The summed E-state index contributed by atoms with van der Waals surface area (Å²) in [5.74, 6) is -1.12. The van der Waals surface area contributed by atoms with Gasteiger partial charge in [-0.25, -0.2) is 9.78 Å². The Bertz CT molecular complexity index is 887. The summed E-state index contributed by atoms with van der Waals surface area (Å²) in [5.41, 5.74) is 1.17. The second kappa shape index (κ2) is 6.52. The quantitative estimate of drug-likeness (QED) is 0.819. The monoisotopic (exact) mass is 353 g/mol. The highest BCUT2D eigenvalue weighted by molar-refractivity contribution is 7.92. The number of nitrogens with zero attached hydrogens (tertiary/aromatic N) is 2. The lowest BCUT2D eigenvalue weighted by molar-refractivity contribution is 0.0694. The lowest BCUT2D eigenvalue weighted by Crippen LogP contribution is -2.17. The van der Waals surface area contributed by atoms with E-state index in [1.807, 2.05) is 6.92 Å². The number of carboxylic acid groups (broad SMARTS) is 1. The smallest absolute Gasteiger partial charge is 0.341 e. The molecule has 8 nitrogen and oxygen atoms in total. The molecule has 0 aliphatic carbocycles. The van der Waals surface area contributed by atoms with E-state index in [1.165, 1.54) is 30.3 Å². The first kappa shape index (κ1) is 17.8. The van der Waals surface area contributed by atoms with Crippen molar-refractivity contribution in [2.45, 2.75) is 25.3 Å². The van der Waals surface area contributed by atoms with Gasteiger partial charge < -0.3 is 14.4 Å². The van der Waals surface area contributed by atoms with Crippen LogP contribution in [0.4, 0.5) is 5.69 Å². The van der Waals surface area contributed by atoms with Gasteiger partial charge in [-0.3, -0.25) is 4.72 Å². The molecule has 9 heteroatoms. The molecule has 130 valence electrons. The van der Waals surface area contributed by atoms with Crippen molar-refractivity contribution in [2.75, 3.05) is 11.8 Å². The summed E-state index contributed by atoms with van der Waals surface area (Å²) in [6.07, 6.45) is 3.23. The van der Waals surface area contributed by atoms with Gasteiger partial charge in [-0.05, 0) is 30.5 Å². The number of benzene rings is 1. The summed E-state index contributed by atoms with van der Waals surface area (Å²) in [6, 6.07) is 1.49. The molecule has 1 aromatic carbocycles. The highest BCUT2D eigenvalue weighted by Gasteiger charge is 2.26. The van der Waals surface area contributed by atoms with Crippen molar-refractivity contribution in [3.8, 4) is 5.75 Å². The van der Waals surface area contributed by atoms with Crippen LogP contribution in [0, 0.1) is 6.92 Å². The average molecular weight is 353 g/mol. The van der Waals surface area contributed by atoms with Gasteiger partial charge >= 0.3 is 5.97 Å². The molecule has 0 saturated heterocycles. The largest absolute Gasteiger partial charge is 0.495 e. The van der Waals surface area contributed by atoms with Crippen LogP contribution in [0.25, 0.3) is 0 Å². The van der Waals surface area contributed by atoms with Crippen molar-refractivity contribution in [1.29, 1.82) is 0 Å². The van der Waals surface area contributed by atoms with Gasteiger partial charge in [-0.2, -0.15) is 8.42 Å². The fraction of sp³-hybridized carbons (Fsp3) is 0.333. The van der Waals surface area contributed by atoms with E-state index in [9.17, 15) is 18.3 Å². The molecule has 1 heterocycles. The third-order valence-electron chi connectivity index (χ3n) is 3.58. The van der Waals surface area contributed by atoms with Crippen molar-refractivity contribution < 1.29 is 23.1 Å². The van der Waals surface area contributed by atoms with E-state index in [-0.39, 0.29) is 22.0 Å². The van der Waals surface area contributed by atoms with Crippen molar-refractivity contribution in [3.63, 3.8) is 0 Å². The number of carboxylic acids is 1. The number of carbonyl (C=O) groups is 1. The number of anilines is 1. The number of hydrogen-bond donors (Lipinski definition) is 2. The molecular weight excluding hydrogens is 334 g/mol. The van der Waals surface area contributed by atoms with Crippen LogP contribution in [0.3, 0.4) is 0 Å². The lowest BCUT2D eigenvalue weighted by Gasteiger charge is -2.17. The Kier molecular flexibility index (Phi) is 4.83. The Hall–Kier alpha value is -2.55. The van der Waals surface area contributed by atoms with Gasteiger partial charge in [-0.15, -0.1) is 0 Å². The number of rotatable bonds is 6. The molecule has 1 aromatic heterocycles. The minimum atomic E-state index is -4.01. The number of imidazole rings is 1. The van der Waals surface area contributed by atoms with Crippen molar-refractivity contribution in [2.24, 2.45) is 7.05 Å². The molecule has 2 N–H and O–H groups in total. The fourth-order valence-corrected chi connectivity index (χ4v) is 3.56. The van der Waals surface area contributed by atoms with E-state index in [2.05, 4.69) is 9.71 Å². The van der Waals surface area contributed by atoms with Gasteiger partial charge in [0.1, 0.15) is 11.3 Å². The molecule has 2 rings (SSSR count). The highest BCUT2D eigenvalue weighted by Crippen LogP contribution is 2.35. The summed E-state index contributed by atoms with van der Waals surface area (Å²) in [6.45, 7) is 3.64. The molecule has 0 aliphatic heterocycles. The number of aromatic nitrogens is 2. The normalized spacial score (nSPS) is 11.3. The first-order chi connectivity index (χ1) is 11.2. The van der Waals surface area contributed by atoms with E-state index >= 15 is 0 Å². The van der Waals surface area contributed by atoms with E-state index in [0.29, 0.717) is 6.42 Å². The van der Waals surface area contributed by atoms with E-state index in [1.54, 1.807) is 14.0 Å². The SMILES string of the molecule is CCc1c(C)cc(NS(=O)(=O)c2cn(C)cn2)c(C(=O)O)c1OC. The summed E-state index contributed by atoms with van der Waals surface area (Å²) in [5, 5.41) is 9.33. The van der Waals surface area contributed by atoms with Gasteiger partial charge in [0.25, 0.3) is 10.0 Å². The Morgan fingerprint density at radius 1 is 1.46 bits per heavy atom. The molecule has 0 spiro atoms.